The van der Waals surface area contributed by atoms with Gasteiger partial charge in [-0.15, -0.1) is 0 Å². The lowest BCUT2D eigenvalue weighted by Crippen LogP contribution is -2.30. The molecular weight excluding hydrogens is 357 g/mol. The summed E-state index contributed by atoms with van der Waals surface area (Å²) in [5.41, 5.74) is 2.16. The van der Waals surface area contributed by atoms with E-state index in [4.69, 9.17) is 39.5 Å². The van der Waals surface area contributed by atoms with Crippen LogP contribution in [0.15, 0.2) is 30.3 Å². The first kappa shape index (κ1) is 17.9. The molecule has 0 saturated heterocycles. The minimum atomic E-state index is -0.720. The zero-order valence-corrected chi connectivity index (χ0v) is 15.2. The van der Waals surface area contributed by atoms with Crippen LogP contribution in [0.1, 0.15) is 18.1 Å². The zero-order valence-electron chi connectivity index (χ0n) is 12.9. The summed E-state index contributed by atoms with van der Waals surface area (Å²) >= 11 is 18.2. The molecule has 0 heterocycles. The highest BCUT2D eigenvalue weighted by atomic mass is 35.5. The monoisotopic (exact) mass is 371 g/mol. The number of para-hydroxylation sites is 1. The molecule has 0 spiro atoms. The largest absolute Gasteiger partial charge is 0.481 e. The lowest BCUT2D eigenvalue weighted by atomic mass is 10.1. The molecule has 2 aromatic rings. The Labute approximate surface area is 150 Å². The second kappa shape index (κ2) is 7.43. The van der Waals surface area contributed by atoms with Gasteiger partial charge < -0.3 is 10.1 Å². The van der Waals surface area contributed by atoms with E-state index < -0.39 is 6.10 Å². The highest BCUT2D eigenvalue weighted by molar-refractivity contribution is 6.39. The van der Waals surface area contributed by atoms with Crippen LogP contribution < -0.4 is 10.1 Å². The molecule has 0 fully saturated rings. The van der Waals surface area contributed by atoms with Crippen molar-refractivity contribution in [2.75, 3.05) is 5.32 Å². The SMILES string of the molecule is Cc1cc(O[C@H](C)C(=O)Nc2c(Cl)cccc2Cl)cc(C)c1Cl. The van der Waals surface area contributed by atoms with Crippen LogP contribution in [0.4, 0.5) is 5.69 Å². The smallest absolute Gasteiger partial charge is 0.265 e. The molecule has 23 heavy (non-hydrogen) atoms. The molecule has 0 bridgehead atoms. The van der Waals surface area contributed by atoms with Crippen LogP contribution in [-0.2, 0) is 4.79 Å². The van der Waals surface area contributed by atoms with E-state index in [1.54, 1.807) is 37.3 Å². The Morgan fingerprint density at radius 2 is 1.61 bits per heavy atom. The third-order valence-electron chi connectivity index (χ3n) is 3.30. The van der Waals surface area contributed by atoms with E-state index in [1.165, 1.54) is 0 Å². The Morgan fingerprint density at radius 3 is 2.13 bits per heavy atom. The number of halogens is 3. The predicted molar refractivity (Wildman–Crippen MR) is 96.1 cm³/mol. The van der Waals surface area contributed by atoms with Crippen molar-refractivity contribution < 1.29 is 9.53 Å². The van der Waals surface area contributed by atoms with Gasteiger partial charge in [-0.25, -0.2) is 0 Å². The van der Waals surface area contributed by atoms with Crippen LogP contribution in [0.2, 0.25) is 15.1 Å². The van der Waals surface area contributed by atoms with E-state index in [1.807, 2.05) is 13.8 Å². The molecule has 1 atom stereocenters. The quantitative estimate of drug-likeness (QED) is 0.751. The van der Waals surface area contributed by atoms with Crippen molar-refractivity contribution >= 4 is 46.4 Å². The molecule has 6 heteroatoms. The number of rotatable bonds is 4. The van der Waals surface area contributed by atoms with Gasteiger partial charge in [0.25, 0.3) is 5.91 Å². The van der Waals surface area contributed by atoms with Gasteiger partial charge in [0, 0.05) is 5.02 Å². The number of ether oxygens (including phenoxy) is 1. The summed E-state index contributed by atoms with van der Waals surface area (Å²) in [4.78, 5) is 12.3. The Balaban J connectivity index is 2.12. The summed E-state index contributed by atoms with van der Waals surface area (Å²) in [7, 11) is 0. The maximum absolute atomic E-state index is 12.3. The van der Waals surface area contributed by atoms with Gasteiger partial charge in [-0.2, -0.15) is 0 Å². The summed E-state index contributed by atoms with van der Waals surface area (Å²) in [5, 5.41) is 4.12. The molecule has 2 rings (SSSR count). The highest BCUT2D eigenvalue weighted by Crippen LogP contribution is 2.30. The van der Waals surface area contributed by atoms with Crippen LogP contribution in [0.25, 0.3) is 0 Å². The van der Waals surface area contributed by atoms with Gasteiger partial charge in [0.15, 0.2) is 6.10 Å². The van der Waals surface area contributed by atoms with Gasteiger partial charge in [0.2, 0.25) is 0 Å². The molecule has 0 aliphatic carbocycles. The number of benzene rings is 2. The van der Waals surface area contributed by atoms with Crippen LogP contribution in [0, 0.1) is 13.8 Å². The topological polar surface area (TPSA) is 38.3 Å². The summed E-state index contributed by atoms with van der Waals surface area (Å²) in [5.74, 6) is 0.238. The van der Waals surface area contributed by atoms with Crippen molar-refractivity contribution in [2.24, 2.45) is 0 Å². The van der Waals surface area contributed by atoms with Crippen molar-refractivity contribution in [1.29, 1.82) is 0 Å². The van der Waals surface area contributed by atoms with Crippen LogP contribution >= 0.6 is 34.8 Å². The number of hydrogen-bond acceptors (Lipinski definition) is 2. The molecule has 0 radical (unpaired) electrons. The molecular formula is C17H16Cl3NO2. The van der Waals surface area contributed by atoms with E-state index in [9.17, 15) is 4.79 Å². The van der Waals surface area contributed by atoms with Gasteiger partial charge in [-0.05, 0) is 56.2 Å². The molecule has 0 aromatic heterocycles. The summed E-state index contributed by atoms with van der Waals surface area (Å²) in [6, 6.07) is 8.60. The molecule has 1 amide bonds. The first-order valence-electron chi connectivity index (χ1n) is 6.98. The number of anilines is 1. The summed E-state index contributed by atoms with van der Waals surface area (Å²) in [6.45, 7) is 5.42. The molecule has 1 N–H and O–H groups in total. The highest BCUT2D eigenvalue weighted by Gasteiger charge is 2.18. The number of amides is 1. The molecule has 0 aliphatic rings. The Kier molecular flexibility index (Phi) is 5.79. The third-order valence-corrected chi connectivity index (χ3v) is 4.53. The maximum atomic E-state index is 12.3. The molecule has 0 saturated carbocycles. The summed E-state index contributed by atoms with van der Waals surface area (Å²) in [6.07, 6.45) is -0.720. The predicted octanol–water partition coefficient (Wildman–Crippen LogP) is 5.67. The maximum Gasteiger partial charge on any atom is 0.265 e. The van der Waals surface area contributed by atoms with Gasteiger partial charge >= 0.3 is 0 Å². The van der Waals surface area contributed by atoms with E-state index >= 15 is 0 Å². The third kappa shape index (κ3) is 4.31. The minimum absolute atomic E-state index is 0.342. The van der Waals surface area contributed by atoms with E-state index in [0.717, 1.165) is 11.1 Å². The van der Waals surface area contributed by atoms with Crippen molar-refractivity contribution in [3.05, 3.63) is 56.5 Å². The first-order chi connectivity index (χ1) is 10.8. The van der Waals surface area contributed by atoms with Gasteiger partial charge in [-0.1, -0.05) is 40.9 Å². The average molecular weight is 373 g/mol. The van der Waals surface area contributed by atoms with E-state index in [0.29, 0.717) is 26.5 Å². The Bertz CT molecular complexity index is 703. The zero-order chi connectivity index (χ0) is 17.1. The number of nitrogens with one attached hydrogen (secondary N) is 1. The van der Waals surface area contributed by atoms with E-state index in [2.05, 4.69) is 5.32 Å². The van der Waals surface area contributed by atoms with Crippen molar-refractivity contribution in [3.8, 4) is 5.75 Å². The molecule has 2 aromatic carbocycles. The first-order valence-corrected chi connectivity index (χ1v) is 8.11. The fraction of sp³-hybridized carbons (Fsp3) is 0.235. The van der Waals surface area contributed by atoms with Crippen LogP contribution in [0.5, 0.6) is 5.75 Å². The lowest BCUT2D eigenvalue weighted by Gasteiger charge is -2.17. The number of aryl methyl sites for hydroxylation is 2. The number of carbonyl (C=O) groups excluding carboxylic acids is 1. The molecule has 3 nitrogen and oxygen atoms in total. The Hall–Kier alpha value is -1.42. The molecule has 0 aliphatic heterocycles. The van der Waals surface area contributed by atoms with Crippen LogP contribution in [0.3, 0.4) is 0 Å². The fourth-order valence-corrected chi connectivity index (χ4v) is 2.67. The number of hydrogen-bond donors (Lipinski definition) is 1. The lowest BCUT2D eigenvalue weighted by molar-refractivity contribution is -0.122. The van der Waals surface area contributed by atoms with Crippen molar-refractivity contribution in [3.63, 3.8) is 0 Å². The Morgan fingerprint density at radius 1 is 1.09 bits per heavy atom. The number of carbonyl (C=O) groups is 1. The molecule has 122 valence electrons. The second-order valence-corrected chi connectivity index (χ2v) is 6.41. The minimum Gasteiger partial charge on any atom is -0.481 e. The standard InChI is InChI=1S/C17H16Cl3NO2/c1-9-7-12(8-10(2)15(9)20)23-11(3)17(22)21-16-13(18)5-4-6-14(16)19/h4-8,11H,1-3H3,(H,21,22)/t11-/m1/s1. The van der Waals surface area contributed by atoms with Crippen molar-refractivity contribution in [2.45, 2.75) is 26.9 Å². The van der Waals surface area contributed by atoms with E-state index in [-0.39, 0.29) is 5.91 Å². The van der Waals surface area contributed by atoms with Gasteiger partial charge in [-0.3, -0.25) is 4.79 Å². The van der Waals surface area contributed by atoms with Crippen LogP contribution in [-0.4, -0.2) is 12.0 Å². The average Bonchev–Trinajstić information content (AvgIpc) is 2.48. The van der Waals surface area contributed by atoms with Crippen molar-refractivity contribution in [1.82, 2.24) is 0 Å². The van der Waals surface area contributed by atoms with Gasteiger partial charge in [0.05, 0.1) is 15.7 Å². The second-order valence-electron chi connectivity index (χ2n) is 5.22. The fourth-order valence-electron chi connectivity index (χ4n) is 2.07. The summed E-state index contributed by atoms with van der Waals surface area (Å²) < 4.78 is 5.69. The molecule has 0 unspecified atom stereocenters. The van der Waals surface area contributed by atoms with Gasteiger partial charge in [0.1, 0.15) is 5.75 Å². The normalized spacial score (nSPS) is 11.9.